The molecule has 4 nitrogen and oxygen atoms in total. The van der Waals surface area contributed by atoms with E-state index in [2.05, 4.69) is 46.0 Å². The van der Waals surface area contributed by atoms with Crippen LogP contribution in [0.4, 0.5) is 0 Å². The Morgan fingerprint density at radius 2 is 1.35 bits per heavy atom. The Kier molecular flexibility index (Phi) is 5.65. The normalized spacial score (nSPS) is 11.2. The van der Waals surface area contributed by atoms with Crippen LogP contribution >= 0.6 is 0 Å². The fraction of sp³-hybridized carbons (Fsp3) is 0.375. The molecule has 2 heterocycles. The van der Waals surface area contributed by atoms with Crippen LogP contribution in [0.15, 0.2) is 48.8 Å². The molecule has 106 valence electrons. The Hall–Kier alpha value is -1.78. The predicted molar refractivity (Wildman–Crippen MR) is 81.1 cm³/mol. The molecule has 0 saturated heterocycles. The van der Waals surface area contributed by atoms with Crippen LogP contribution in [0.25, 0.3) is 0 Å². The average Bonchev–Trinajstić information content (AvgIpc) is 2.47. The minimum atomic E-state index is 0.852. The smallest absolute Gasteiger partial charge is 0.0544 e. The number of nitrogens with zero attached hydrogens (tertiary/aromatic N) is 4. The molecular formula is C16H22N4. The van der Waals surface area contributed by atoms with Crippen molar-refractivity contribution in [3.8, 4) is 0 Å². The molecule has 0 amide bonds. The summed E-state index contributed by atoms with van der Waals surface area (Å²) >= 11 is 0. The molecule has 0 aliphatic rings. The van der Waals surface area contributed by atoms with Crippen LogP contribution in [-0.4, -0.2) is 47.0 Å². The summed E-state index contributed by atoms with van der Waals surface area (Å²) in [6.07, 6.45) is 3.69. The minimum Gasteiger partial charge on any atom is -0.308 e. The zero-order valence-corrected chi connectivity index (χ0v) is 12.2. The van der Waals surface area contributed by atoms with E-state index in [0.29, 0.717) is 0 Å². The zero-order chi connectivity index (χ0) is 14.2. The molecule has 20 heavy (non-hydrogen) atoms. The van der Waals surface area contributed by atoms with E-state index >= 15 is 0 Å². The van der Waals surface area contributed by atoms with E-state index in [1.165, 1.54) is 0 Å². The van der Waals surface area contributed by atoms with Gasteiger partial charge in [0.25, 0.3) is 0 Å². The van der Waals surface area contributed by atoms with E-state index in [9.17, 15) is 0 Å². The Morgan fingerprint density at radius 3 is 1.75 bits per heavy atom. The largest absolute Gasteiger partial charge is 0.308 e. The van der Waals surface area contributed by atoms with Gasteiger partial charge in [-0.2, -0.15) is 0 Å². The molecule has 0 aliphatic carbocycles. The summed E-state index contributed by atoms with van der Waals surface area (Å²) < 4.78 is 0. The van der Waals surface area contributed by atoms with Crippen molar-refractivity contribution >= 4 is 0 Å². The van der Waals surface area contributed by atoms with E-state index in [1.54, 1.807) is 0 Å². The first-order chi connectivity index (χ1) is 9.74. The SMILES string of the molecule is CN(C)CCN(Cc1ccccn1)Cc1ccccn1. The van der Waals surface area contributed by atoms with Gasteiger partial charge >= 0.3 is 0 Å². The number of rotatable bonds is 7. The maximum absolute atomic E-state index is 4.41. The first-order valence-electron chi connectivity index (χ1n) is 6.91. The molecule has 2 aromatic rings. The molecule has 2 aromatic heterocycles. The Bertz CT molecular complexity index is 443. The summed E-state index contributed by atoms with van der Waals surface area (Å²) in [5.41, 5.74) is 2.20. The van der Waals surface area contributed by atoms with Crippen molar-refractivity contribution in [3.05, 3.63) is 60.2 Å². The standard InChI is InChI=1S/C16H22N4/c1-19(2)11-12-20(13-15-7-3-5-9-17-15)14-16-8-4-6-10-18-16/h3-10H,11-14H2,1-2H3. The van der Waals surface area contributed by atoms with E-state index in [1.807, 2.05) is 36.7 Å². The van der Waals surface area contributed by atoms with Crippen molar-refractivity contribution in [2.24, 2.45) is 0 Å². The molecule has 0 spiro atoms. The molecule has 0 saturated carbocycles. The van der Waals surface area contributed by atoms with Gasteiger partial charge in [-0.25, -0.2) is 0 Å². The molecule has 0 N–H and O–H groups in total. The Morgan fingerprint density at radius 1 is 0.800 bits per heavy atom. The van der Waals surface area contributed by atoms with Crippen molar-refractivity contribution < 1.29 is 0 Å². The van der Waals surface area contributed by atoms with Crippen LogP contribution in [-0.2, 0) is 13.1 Å². The van der Waals surface area contributed by atoms with Crippen molar-refractivity contribution in [1.29, 1.82) is 0 Å². The topological polar surface area (TPSA) is 32.3 Å². The van der Waals surface area contributed by atoms with Crippen molar-refractivity contribution in [3.63, 3.8) is 0 Å². The fourth-order valence-electron chi connectivity index (χ4n) is 2.00. The van der Waals surface area contributed by atoms with Gasteiger partial charge in [-0.1, -0.05) is 12.1 Å². The van der Waals surface area contributed by atoms with Crippen molar-refractivity contribution in [2.75, 3.05) is 27.2 Å². The van der Waals surface area contributed by atoms with Crippen molar-refractivity contribution in [2.45, 2.75) is 13.1 Å². The lowest BCUT2D eigenvalue weighted by Crippen LogP contribution is -2.31. The molecule has 0 aromatic carbocycles. The summed E-state index contributed by atoms with van der Waals surface area (Å²) in [4.78, 5) is 13.4. The highest BCUT2D eigenvalue weighted by Crippen LogP contribution is 2.06. The Labute approximate surface area is 121 Å². The molecule has 2 rings (SSSR count). The maximum Gasteiger partial charge on any atom is 0.0544 e. The maximum atomic E-state index is 4.41. The second-order valence-corrected chi connectivity index (χ2v) is 5.16. The van der Waals surface area contributed by atoms with Gasteiger partial charge in [0.05, 0.1) is 11.4 Å². The van der Waals surface area contributed by atoms with Gasteiger partial charge in [0.1, 0.15) is 0 Å². The van der Waals surface area contributed by atoms with Gasteiger partial charge in [0, 0.05) is 38.6 Å². The first kappa shape index (κ1) is 14.6. The minimum absolute atomic E-state index is 0.852. The highest BCUT2D eigenvalue weighted by Gasteiger charge is 2.08. The monoisotopic (exact) mass is 270 g/mol. The molecule has 0 bridgehead atoms. The van der Waals surface area contributed by atoms with Crippen LogP contribution in [0.3, 0.4) is 0 Å². The molecule has 0 radical (unpaired) electrons. The summed E-state index contributed by atoms with van der Waals surface area (Å²) in [7, 11) is 4.19. The third kappa shape index (κ3) is 5.07. The van der Waals surface area contributed by atoms with E-state index in [-0.39, 0.29) is 0 Å². The van der Waals surface area contributed by atoms with E-state index < -0.39 is 0 Å². The molecule has 0 fully saturated rings. The molecule has 0 aliphatic heterocycles. The third-order valence-corrected chi connectivity index (χ3v) is 3.09. The van der Waals surface area contributed by atoms with Gasteiger partial charge in [-0.05, 0) is 38.4 Å². The number of aromatic nitrogens is 2. The Balaban J connectivity index is 2.00. The second kappa shape index (κ2) is 7.72. The van der Waals surface area contributed by atoms with Crippen LogP contribution in [0, 0.1) is 0 Å². The van der Waals surface area contributed by atoms with Crippen molar-refractivity contribution in [1.82, 2.24) is 19.8 Å². The molecule has 0 unspecified atom stereocenters. The van der Waals surface area contributed by atoms with Gasteiger partial charge in [-0.15, -0.1) is 0 Å². The molecule has 4 heteroatoms. The summed E-state index contributed by atoms with van der Waals surface area (Å²) in [6.45, 7) is 3.73. The molecular weight excluding hydrogens is 248 g/mol. The van der Waals surface area contributed by atoms with Crippen LogP contribution in [0.2, 0.25) is 0 Å². The lowest BCUT2D eigenvalue weighted by molar-refractivity contribution is 0.222. The third-order valence-electron chi connectivity index (χ3n) is 3.09. The van der Waals surface area contributed by atoms with Gasteiger partial charge in [-0.3, -0.25) is 14.9 Å². The summed E-state index contributed by atoms with van der Waals surface area (Å²) in [5, 5.41) is 0. The average molecular weight is 270 g/mol. The number of hydrogen-bond acceptors (Lipinski definition) is 4. The number of pyridine rings is 2. The lowest BCUT2D eigenvalue weighted by Gasteiger charge is -2.23. The predicted octanol–water partition coefficient (Wildman–Crippen LogP) is 2.04. The van der Waals surface area contributed by atoms with Gasteiger partial charge in [0.2, 0.25) is 0 Å². The van der Waals surface area contributed by atoms with Crippen LogP contribution in [0.1, 0.15) is 11.4 Å². The van der Waals surface area contributed by atoms with E-state index in [4.69, 9.17) is 0 Å². The lowest BCUT2D eigenvalue weighted by atomic mass is 10.3. The second-order valence-electron chi connectivity index (χ2n) is 5.16. The number of hydrogen-bond donors (Lipinski definition) is 0. The van der Waals surface area contributed by atoms with Gasteiger partial charge < -0.3 is 4.90 Å². The van der Waals surface area contributed by atoms with Crippen LogP contribution < -0.4 is 0 Å². The summed E-state index contributed by atoms with van der Waals surface area (Å²) in [6, 6.07) is 12.1. The number of likely N-dealkylation sites (N-methyl/N-ethyl adjacent to an activating group) is 1. The highest BCUT2D eigenvalue weighted by molar-refractivity contribution is 5.06. The fourth-order valence-corrected chi connectivity index (χ4v) is 2.00. The highest BCUT2D eigenvalue weighted by atomic mass is 15.2. The van der Waals surface area contributed by atoms with Crippen LogP contribution in [0.5, 0.6) is 0 Å². The molecule has 0 atom stereocenters. The zero-order valence-electron chi connectivity index (χ0n) is 12.2. The van der Waals surface area contributed by atoms with E-state index in [0.717, 1.165) is 37.6 Å². The summed E-state index contributed by atoms with van der Waals surface area (Å²) in [5.74, 6) is 0. The quantitative estimate of drug-likeness (QED) is 0.770. The van der Waals surface area contributed by atoms with Gasteiger partial charge in [0.15, 0.2) is 0 Å². The first-order valence-corrected chi connectivity index (χ1v) is 6.91.